The van der Waals surface area contributed by atoms with Crippen LogP contribution in [0.1, 0.15) is 19.8 Å². The molecule has 0 saturated carbocycles. The standard InChI is InChI=1S/C14H18O3/c1-11-2-3-12(14(15)10-11)4-9-17-13-5-7-16-8-6-13/h2-4,9-10,12-13H,5-8H2,1H3. The van der Waals surface area contributed by atoms with E-state index in [1.54, 1.807) is 12.3 Å². The summed E-state index contributed by atoms with van der Waals surface area (Å²) in [4.78, 5) is 11.6. The second-order valence-corrected chi connectivity index (χ2v) is 4.45. The lowest BCUT2D eigenvalue weighted by atomic mass is 9.96. The van der Waals surface area contributed by atoms with E-state index in [9.17, 15) is 4.79 Å². The number of carbonyl (C=O) groups excluding carboxylic acids is 1. The maximum absolute atomic E-state index is 11.6. The van der Waals surface area contributed by atoms with Gasteiger partial charge in [-0.2, -0.15) is 0 Å². The van der Waals surface area contributed by atoms with Crippen molar-refractivity contribution in [3.8, 4) is 0 Å². The molecule has 2 aliphatic rings. The number of allylic oxidation sites excluding steroid dienone is 5. The first kappa shape index (κ1) is 12.1. The Labute approximate surface area is 102 Å². The van der Waals surface area contributed by atoms with Gasteiger partial charge in [-0.25, -0.2) is 0 Å². The molecule has 2 rings (SSSR count). The van der Waals surface area contributed by atoms with E-state index in [4.69, 9.17) is 9.47 Å². The highest BCUT2D eigenvalue weighted by atomic mass is 16.5. The predicted octanol–water partition coefficient (Wildman–Crippen LogP) is 2.40. The van der Waals surface area contributed by atoms with Gasteiger partial charge < -0.3 is 9.47 Å². The molecule has 17 heavy (non-hydrogen) atoms. The second kappa shape index (κ2) is 5.82. The molecular formula is C14H18O3. The molecule has 0 N–H and O–H groups in total. The molecule has 1 atom stereocenters. The third kappa shape index (κ3) is 3.56. The minimum Gasteiger partial charge on any atom is -0.498 e. The van der Waals surface area contributed by atoms with Crippen LogP contribution in [-0.4, -0.2) is 25.1 Å². The van der Waals surface area contributed by atoms with Crippen LogP contribution in [0.25, 0.3) is 0 Å². The Morgan fingerprint density at radius 2 is 2.18 bits per heavy atom. The van der Waals surface area contributed by atoms with E-state index >= 15 is 0 Å². The lowest BCUT2D eigenvalue weighted by molar-refractivity contribution is -0.116. The van der Waals surface area contributed by atoms with E-state index in [0.29, 0.717) is 0 Å². The SMILES string of the molecule is CC1=CC(=O)C(C=COC2CCOCC2)C=C1. The zero-order valence-electron chi connectivity index (χ0n) is 10.1. The van der Waals surface area contributed by atoms with Crippen molar-refractivity contribution in [3.05, 3.63) is 36.1 Å². The predicted molar refractivity (Wildman–Crippen MR) is 65.5 cm³/mol. The number of ketones is 1. The van der Waals surface area contributed by atoms with E-state index in [-0.39, 0.29) is 17.8 Å². The van der Waals surface area contributed by atoms with Crippen LogP contribution in [0.5, 0.6) is 0 Å². The van der Waals surface area contributed by atoms with Gasteiger partial charge in [0.15, 0.2) is 5.78 Å². The second-order valence-electron chi connectivity index (χ2n) is 4.45. The molecule has 0 aromatic rings. The average molecular weight is 234 g/mol. The molecule has 3 heteroatoms. The van der Waals surface area contributed by atoms with Gasteiger partial charge in [0, 0.05) is 12.8 Å². The van der Waals surface area contributed by atoms with Crippen molar-refractivity contribution in [2.75, 3.05) is 13.2 Å². The molecule has 0 amide bonds. The molecular weight excluding hydrogens is 216 g/mol. The topological polar surface area (TPSA) is 35.5 Å². The van der Waals surface area contributed by atoms with Crippen molar-refractivity contribution >= 4 is 5.78 Å². The largest absolute Gasteiger partial charge is 0.498 e. The summed E-state index contributed by atoms with van der Waals surface area (Å²) in [7, 11) is 0. The number of hydrogen-bond donors (Lipinski definition) is 0. The van der Waals surface area contributed by atoms with E-state index in [0.717, 1.165) is 31.6 Å². The zero-order valence-corrected chi connectivity index (χ0v) is 10.1. The minimum absolute atomic E-state index is 0.122. The first-order valence-electron chi connectivity index (χ1n) is 6.06. The first-order valence-corrected chi connectivity index (χ1v) is 6.06. The molecule has 1 unspecified atom stereocenters. The lowest BCUT2D eigenvalue weighted by Gasteiger charge is -2.21. The molecule has 0 bridgehead atoms. The van der Waals surface area contributed by atoms with Crippen LogP contribution in [0.3, 0.4) is 0 Å². The average Bonchev–Trinajstić information content (AvgIpc) is 2.33. The molecule has 0 aromatic carbocycles. The summed E-state index contributed by atoms with van der Waals surface area (Å²) in [6.45, 7) is 3.46. The van der Waals surface area contributed by atoms with Gasteiger partial charge in [-0.15, -0.1) is 0 Å². The summed E-state index contributed by atoms with van der Waals surface area (Å²) in [6, 6.07) is 0. The Morgan fingerprint density at radius 3 is 2.88 bits per heavy atom. The summed E-state index contributed by atoms with van der Waals surface area (Å²) in [6.07, 6.45) is 11.1. The van der Waals surface area contributed by atoms with E-state index in [1.807, 2.05) is 25.2 Å². The van der Waals surface area contributed by atoms with Crippen LogP contribution < -0.4 is 0 Å². The van der Waals surface area contributed by atoms with E-state index < -0.39 is 0 Å². The molecule has 0 spiro atoms. The van der Waals surface area contributed by atoms with Crippen molar-refractivity contribution in [1.29, 1.82) is 0 Å². The number of rotatable bonds is 3. The van der Waals surface area contributed by atoms with Crippen molar-refractivity contribution in [2.45, 2.75) is 25.9 Å². The Balaban J connectivity index is 1.80. The highest BCUT2D eigenvalue weighted by molar-refractivity contribution is 5.96. The van der Waals surface area contributed by atoms with Gasteiger partial charge >= 0.3 is 0 Å². The quantitative estimate of drug-likeness (QED) is 0.703. The smallest absolute Gasteiger partial charge is 0.166 e. The normalized spacial score (nSPS) is 26.3. The Hall–Kier alpha value is -1.35. The lowest BCUT2D eigenvalue weighted by Crippen LogP contribution is -2.21. The van der Waals surface area contributed by atoms with E-state index in [2.05, 4.69) is 0 Å². The fraction of sp³-hybridized carbons (Fsp3) is 0.500. The van der Waals surface area contributed by atoms with Crippen LogP contribution in [0.15, 0.2) is 36.1 Å². The van der Waals surface area contributed by atoms with Crippen LogP contribution in [-0.2, 0) is 14.3 Å². The third-order valence-corrected chi connectivity index (χ3v) is 2.99. The maximum atomic E-state index is 11.6. The number of carbonyl (C=O) groups is 1. The molecule has 1 saturated heterocycles. The van der Waals surface area contributed by atoms with Crippen LogP contribution in [0.2, 0.25) is 0 Å². The van der Waals surface area contributed by atoms with Crippen molar-refractivity contribution in [1.82, 2.24) is 0 Å². The maximum Gasteiger partial charge on any atom is 0.166 e. The minimum atomic E-state index is -0.168. The van der Waals surface area contributed by atoms with Gasteiger partial charge in [-0.05, 0) is 24.6 Å². The molecule has 1 aliphatic carbocycles. The Bertz CT molecular complexity index is 360. The zero-order chi connectivity index (χ0) is 12.1. The molecule has 0 radical (unpaired) electrons. The van der Waals surface area contributed by atoms with Gasteiger partial charge in [0.05, 0.1) is 25.4 Å². The van der Waals surface area contributed by atoms with Gasteiger partial charge in [0.1, 0.15) is 6.10 Å². The highest BCUT2D eigenvalue weighted by Gasteiger charge is 2.15. The summed E-state index contributed by atoms with van der Waals surface area (Å²) < 4.78 is 10.8. The van der Waals surface area contributed by atoms with Crippen LogP contribution in [0, 0.1) is 5.92 Å². The van der Waals surface area contributed by atoms with Crippen molar-refractivity contribution in [2.24, 2.45) is 5.92 Å². The molecule has 0 aromatic heterocycles. The Kier molecular flexibility index (Phi) is 4.15. The van der Waals surface area contributed by atoms with Gasteiger partial charge in [-0.1, -0.05) is 12.2 Å². The summed E-state index contributed by atoms with van der Waals surface area (Å²) in [5.41, 5.74) is 1.00. The molecule has 1 aliphatic heterocycles. The fourth-order valence-corrected chi connectivity index (χ4v) is 1.93. The Morgan fingerprint density at radius 1 is 1.41 bits per heavy atom. The molecule has 1 heterocycles. The van der Waals surface area contributed by atoms with Crippen LogP contribution in [0.4, 0.5) is 0 Å². The third-order valence-electron chi connectivity index (χ3n) is 2.99. The summed E-state index contributed by atoms with van der Waals surface area (Å²) in [5, 5.41) is 0. The van der Waals surface area contributed by atoms with Gasteiger partial charge in [0.25, 0.3) is 0 Å². The molecule has 3 nitrogen and oxygen atoms in total. The first-order chi connectivity index (χ1) is 8.25. The highest BCUT2D eigenvalue weighted by Crippen LogP contribution is 2.15. The number of ether oxygens (including phenoxy) is 2. The fourth-order valence-electron chi connectivity index (χ4n) is 1.93. The summed E-state index contributed by atoms with van der Waals surface area (Å²) >= 11 is 0. The van der Waals surface area contributed by atoms with Crippen molar-refractivity contribution < 1.29 is 14.3 Å². The molecule has 1 fully saturated rings. The monoisotopic (exact) mass is 234 g/mol. The van der Waals surface area contributed by atoms with Crippen LogP contribution >= 0.6 is 0 Å². The molecule has 92 valence electrons. The van der Waals surface area contributed by atoms with Gasteiger partial charge in [-0.3, -0.25) is 4.79 Å². The van der Waals surface area contributed by atoms with Crippen molar-refractivity contribution in [3.63, 3.8) is 0 Å². The van der Waals surface area contributed by atoms with E-state index in [1.165, 1.54) is 0 Å². The number of hydrogen-bond acceptors (Lipinski definition) is 3. The van der Waals surface area contributed by atoms with Gasteiger partial charge in [0.2, 0.25) is 0 Å². The summed E-state index contributed by atoms with van der Waals surface area (Å²) in [5.74, 6) is -0.0460.